The van der Waals surface area contributed by atoms with Crippen LogP contribution in [0.15, 0.2) is 105 Å². The van der Waals surface area contributed by atoms with E-state index in [1.165, 1.54) is 62.5 Å². The zero-order valence-electron chi connectivity index (χ0n) is 19.6. The molecule has 164 valence electrons. The van der Waals surface area contributed by atoms with E-state index in [9.17, 15) is 0 Å². The molecule has 7 aliphatic rings. The highest BCUT2D eigenvalue weighted by Gasteiger charge is 2.45. The summed E-state index contributed by atoms with van der Waals surface area (Å²) >= 11 is 0. The van der Waals surface area contributed by atoms with E-state index in [1.54, 1.807) is 66.9 Å². The monoisotopic (exact) mass is 436 g/mol. The van der Waals surface area contributed by atoms with Crippen molar-refractivity contribution in [3.63, 3.8) is 0 Å². The van der Waals surface area contributed by atoms with Gasteiger partial charge in [-0.1, -0.05) is 60.7 Å². The lowest BCUT2D eigenvalue weighted by atomic mass is 9.63. The molecule has 34 heavy (non-hydrogen) atoms. The van der Waals surface area contributed by atoms with Gasteiger partial charge in [0.05, 0.1) is 0 Å². The van der Waals surface area contributed by atoms with Crippen molar-refractivity contribution in [2.45, 2.75) is 63.2 Å². The van der Waals surface area contributed by atoms with Crippen LogP contribution in [0, 0.1) is 0 Å². The van der Waals surface area contributed by atoms with E-state index in [2.05, 4.69) is 60.7 Å². The molecular weight excluding hydrogens is 408 g/mol. The Balaban J connectivity index is 1.26. The van der Waals surface area contributed by atoms with Crippen LogP contribution in [0.1, 0.15) is 85.5 Å². The maximum absolute atomic E-state index is 2.54. The van der Waals surface area contributed by atoms with Gasteiger partial charge in [-0.2, -0.15) is 0 Å². The minimum atomic E-state index is 0.580. The largest absolute Gasteiger partial charge is 0.0760 e. The van der Waals surface area contributed by atoms with Crippen LogP contribution < -0.4 is 0 Å². The summed E-state index contributed by atoms with van der Waals surface area (Å²) < 4.78 is 0. The molecule has 0 heterocycles. The van der Waals surface area contributed by atoms with Gasteiger partial charge < -0.3 is 0 Å². The smallest absolute Gasteiger partial charge is 0.0145 e. The minimum Gasteiger partial charge on any atom is -0.0760 e. The fourth-order valence-electron chi connectivity index (χ4n) is 8.78. The molecule has 2 aromatic rings. The Hall–Kier alpha value is -3.12. The first-order valence-corrected chi connectivity index (χ1v) is 13.4. The molecule has 0 bridgehead atoms. The lowest BCUT2D eigenvalue weighted by Gasteiger charge is -2.40. The summed E-state index contributed by atoms with van der Waals surface area (Å²) in [7, 11) is 0. The van der Waals surface area contributed by atoms with Gasteiger partial charge in [-0.3, -0.25) is 0 Å². The van der Waals surface area contributed by atoms with Gasteiger partial charge >= 0.3 is 0 Å². The Morgan fingerprint density at radius 2 is 0.941 bits per heavy atom. The Bertz CT molecular complexity index is 1420. The fourth-order valence-corrected chi connectivity index (χ4v) is 8.78. The normalized spacial score (nSPS) is 27.5. The third kappa shape index (κ3) is 2.08. The molecule has 2 atom stereocenters. The van der Waals surface area contributed by atoms with E-state index in [0.717, 1.165) is 0 Å². The Morgan fingerprint density at radius 1 is 0.471 bits per heavy atom. The van der Waals surface area contributed by atoms with Crippen molar-refractivity contribution in [2.24, 2.45) is 0 Å². The van der Waals surface area contributed by atoms with Gasteiger partial charge in [-0.25, -0.2) is 0 Å². The molecule has 0 aliphatic heterocycles. The zero-order chi connectivity index (χ0) is 22.0. The number of benzene rings is 2. The number of hydrogen-bond acceptors (Lipinski definition) is 0. The molecular formula is C34H28. The standard InChI is InChI=1S/C34H28/c1-3-9-21-19(7-1)25-11-5-13-27-23-15-16-24-28-14-6-12-26-20-8-2-4-10-22(20)32(34(26)28)18-30(24)29(23)17-31(21)33(25)27/h1-4,7-12,31-32H,5-6,13-18H2. The van der Waals surface area contributed by atoms with Gasteiger partial charge in [0.15, 0.2) is 0 Å². The SMILES string of the molecule is C1=C2C3=C(CC1)C1=C(CC3c3ccccc32)C2=C(CC1)C1=C3C(=CCC1)c1ccccc1C3C2. The summed E-state index contributed by atoms with van der Waals surface area (Å²) in [6.45, 7) is 0. The first kappa shape index (κ1) is 18.2. The molecule has 0 radical (unpaired) electrons. The van der Waals surface area contributed by atoms with E-state index >= 15 is 0 Å². The molecule has 0 N–H and O–H groups in total. The Morgan fingerprint density at radius 3 is 1.44 bits per heavy atom. The summed E-state index contributed by atoms with van der Waals surface area (Å²) in [5.74, 6) is 1.16. The average Bonchev–Trinajstić information content (AvgIpc) is 3.40. The molecule has 0 spiro atoms. The van der Waals surface area contributed by atoms with Gasteiger partial charge in [0.25, 0.3) is 0 Å². The first-order chi connectivity index (χ1) is 16.9. The molecule has 9 rings (SSSR count). The van der Waals surface area contributed by atoms with Crippen LogP contribution in [0.2, 0.25) is 0 Å². The highest BCUT2D eigenvalue weighted by molar-refractivity contribution is 5.93. The van der Waals surface area contributed by atoms with Crippen molar-refractivity contribution >= 4 is 11.1 Å². The van der Waals surface area contributed by atoms with Crippen LogP contribution in [0.3, 0.4) is 0 Å². The topological polar surface area (TPSA) is 0 Å². The van der Waals surface area contributed by atoms with E-state index in [1.807, 2.05) is 0 Å². The lowest BCUT2D eigenvalue weighted by molar-refractivity contribution is 0.667. The van der Waals surface area contributed by atoms with Crippen molar-refractivity contribution < 1.29 is 0 Å². The summed E-state index contributed by atoms with van der Waals surface area (Å²) in [5, 5.41) is 0. The number of fused-ring (bicyclic) bond motifs is 9. The maximum Gasteiger partial charge on any atom is 0.0145 e. The molecule has 0 saturated carbocycles. The van der Waals surface area contributed by atoms with Gasteiger partial charge in [0.1, 0.15) is 0 Å². The fraction of sp³-hybridized carbons (Fsp3) is 0.294. The van der Waals surface area contributed by atoms with E-state index in [0.29, 0.717) is 11.8 Å². The molecule has 0 amide bonds. The van der Waals surface area contributed by atoms with Crippen molar-refractivity contribution in [1.29, 1.82) is 0 Å². The van der Waals surface area contributed by atoms with Crippen molar-refractivity contribution in [2.75, 3.05) is 0 Å². The average molecular weight is 437 g/mol. The van der Waals surface area contributed by atoms with E-state index in [4.69, 9.17) is 0 Å². The van der Waals surface area contributed by atoms with Gasteiger partial charge in [-0.15, -0.1) is 0 Å². The number of rotatable bonds is 0. The predicted octanol–water partition coefficient (Wildman–Crippen LogP) is 8.72. The summed E-state index contributed by atoms with van der Waals surface area (Å²) in [5.41, 5.74) is 23.3. The number of allylic oxidation sites excluding steroid dienone is 12. The van der Waals surface area contributed by atoms with Crippen LogP contribution in [-0.4, -0.2) is 0 Å². The second-order valence-corrected chi connectivity index (χ2v) is 11.2. The molecule has 7 aliphatic carbocycles. The summed E-state index contributed by atoms with van der Waals surface area (Å²) in [4.78, 5) is 0. The Kier molecular flexibility index (Phi) is 3.38. The Labute approximate surface area is 201 Å². The second-order valence-electron chi connectivity index (χ2n) is 11.2. The maximum atomic E-state index is 2.54. The van der Waals surface area contributed by atoms with Crippen molar-refractivity contribution in [3.05, 3.63) is 128 Å². The molecule has 2 unspecified atom stereocenters. The van der Waals surface area contributed by atoms with E-state index < -0.39 is 0 Å². The molecule has 0 heteroatoms. The lowest BCUT2D eigenvalue weighted by Crippen LogP contribution is -2.23. The third-order valence-electron chi connectivity index (χ3n) is 9.93. The third-order valence-corrected chi connectivity index (χ3v) is 9.93. The van der Waals surface area contributed by atoms with Crippen LogP contribution >= 0.6 is 0 Å². The summed E-state index contributed by atoms with van der Waals surface area (Å²) in [6, 6.07) is 18.6. The van der Waals surface area contributed by atoms with Gasteiger partial charge in [-0.05, 0) is 129 Å². The van der Waals surface area contributed by atoms with Gasteiger partial charge in [0, 0.05) is 11.8 Å². The first-order valence-electron chi connectivity index (χ1n) is 13.4. The second kappa shape index (κ2) is 6.30. The molecule has 2 aromatic carbocycles. The highest BCUT2D eigenvalue weighted by Crippen LogP contribution is 2.63. The minimum absolute atomic E-state index is 0.580. The van der Waals surface area contributed by atoms with Crippen LogP contribution in [0.5, 0.6) is 0 Å². The molecule has 0 saturated heterocycles. The number of hydrogen-bond donors (Lipinski definition) is 0. The van der Waals surface area contributed by atoms with Crippen LogP contribution in [0.4, 0.5) is 0 Å². The van der Waals surface area contributed by atoms with Crippen LogP contribution in [0.25, 0.3) is 11.1 Å². The molecule has 0 nitrogen and oxygen atoms in total. The van der Waals surface area contributed by atoms with Crippen molar-refractivity contribution in [1.82, 2.24) is 0 Å². The highest BCUT2D eigenvalue weighted by atomic mass is 14.5. The quantitative estimate of drug-likeness (QED) is 0.387. The van der Waals surface area contributed by atoms with E-state index in [-0.39, 0.29) is 0 Å². The molecule has 0 aromatic heterocycles. The van der Waals surface area contributed by atoms with Crippen molar-refractivity contribution in [3.8, 4) is 0 Å². The molecule has 0 fully saturated rings. The predicted molar refractivity (Wildman–Crippen MR) is 139 cm³/mol. The van der Waals surface area contributed by atoms with Gasteiger partial charge in [0.2, 0.25) is 0 Å². The van der Waals surface area contributed by atoms with Crippen LogP contribution in [-0.2, 0) is 0 Å². The zero-order valence-corrected chi connectivity index (χ0v) is 19.6. The summed E-state index contributed by atoms with van der Waals surface area (Å²) in [6.07, 6.45) is 15.0.